The van der Waals surface area contributed by atoms with E-state index in [1.54, 1.807) is 17.2 Å². The van der Waals surface area contributed by atoms with Crippen molar-refractivity contribution in [1.82, 2.24) is 15.2 Å². The molecule has 0 aromatic carbocycles. The van der Waals surface area contributed by atoms with Crippen LogP contribution in [-0.4, -0.2) is 42.0 Å². The molecule has 1 saturated heterocycles. The summed E-state index contributed by atoms with van der Waals surface area (Å²) >= 11 is 0. The lowest BCUT2D eigenvalue weighted by Gasteiger charge is -2.35. The van der Waals surface area contributed by atoms with Crippen molar-refractivity contribution in [2.45, 2.75) is 6.04 Å². The Morgan fingerprint density at radius 3 is 2.86 bits per heavy atom. The third kappa shape index (κ3) is 1.61. The zero-order valence-electron chi connectivity index (χ0n) is 8.10. The molecule has 4 nitrogen and oxygen atoms in total. The quantitative estimate of drug-likeness (QED) is 0.722. The van der Waals surface area contributed by atoms with Crippen LogP contribution in [0.1, 0.15) is 10.5 Å². The van der Waals surface area contributed by atoms with E-state index < -0.39 is 0 Å². The average molecular weight is 191 g/mol. The van der Waals surface area contributed by atoms with Crippen molar-refractivity contribution in [2.75, 3.05) is 20.1 Å². The van der Waals surface area contributed by atoms with Gasteiger partial charge in [0.25, 0.3) is 5.91 Å². The molecule has 0 saturated carbocycles. The fourth-order valence-corrected chi connectivity index (χ4v) is 1.38. The van der Waals surface area contributed by atoms with E-state index in [-0.39, 0.29) is 5.91 Å². The van der Waals surface area contributed by atoms with Gasteiger partial charge < -0.3 is 10.2 Å². The Morgan fingerprint density at radius 1 is 1.57 bits per heavy atom. The average Bonchev–Trinajstić information content (AvgIpc) is 2.15. The van der Waals surface area contributed by atoms with Crippen LogP contribution in [0.3, 0.4) is 0 Å². The predicted octanol–water partition coefficient (Wildman–Crippen LogP) is 0.125. The summed E-state index contributed by atoms with van der Waals surface area (Å²) in [5.74, 6) is -0.00269. The fourth-order valence-electron chi connectivity index (χ4n) is 1.38. The number of hydrogen-bond donors (Lipinski definition) is 1. The van der Waals surface area contributed by atoms with Gasteiger partial charge in [0, 0.05) is 26.3 Å². The van der Waals surface area contributed by atoms with E-state index in [1.165, 1.54) is 0 Å². The van der Waals surface area contributed by atoms with E-state index in [1.807, 2.05) is 19.2 Å². The lowest BCUT2D eigenvalue weighted by Crippen LogP contribution is -2.57. The maximum absolute atomic E-state index is 11.8. The van der Waals surface area contributed by atoms with Crippen molar-refractivity contribution < 1.29 is 4.79 Å². The van der Waals surface area contributed by atoms with Crippen molar-refractivity contribution in [2.24, 2.45) is 0 Å². The van der Waals surface area contributed by atoms with Crippen molar-refractivity contribution in [3.63, 3.8) is 0 Å². The third-order valence-corrected chi connectivity index (χ3v) is 2.51. The molecule has 1 aromatic rings. The van der Waals surface area contributed by atoms with Gasteiger partial charge in [-0.3, -0.25) is 9.78 Å². The SMILES string of the molecule is CN(C(=O)c1ccccn1)C1CNC1. The van der Waals surface area contributed by atoms with Crippen LogP contribution in [0, 0.1) is 0 Å². The number of nitrogens with one attached hydrogen (secondary N) is 1. The number of pyridine rings is 1. The van der Waals surface area contributed by atoms with Crippen LogP contribution in [0.25, 0.3) is 0 Å². The standard InChI is InChI=1S/C10H13N3O/c1-13(8-6-11-7-8)10(14)9-4-2-3-5-12-9/h2-5,8,11H,6-7H2,1H3. The first-order valence-corrected chi connectivity index (χ1v) is 4.68. The Balaban J connectivity index is 2.07. The number of nitrogens with zero attached hydrogens (tertiary/aromatic N) is 2. The highest BCUT2D eigenvalue weighted by Crippen LogP contribution is 2.06. The van der Waals surface area contributed by atoms with E-state index in [9.17, 15) is 4.79 Å². The Bertz CT molecular complexity index is 321. The first-order valence-electron chi connectivity index (χ1n) is 4.68. The molecular weight excluding hydrogens is 178 g/mol. The number of amides is 1. The molecule has 0 bridgehead atoms. The number of carbonyl (C=O) groups is 1. The molecule has 4 heteroatoms. The molecule has 1 fully saturated rings. The Morgan fingerprint density at radius 2 is 2.36 bits per heavy atom. The number of rotatable bonds is 2. The van der Waals surface area contributed by atoms with Gasteiger partial charge >= 0.3 is 0 Å². The molecule has 0 radical (unpaired) electrons. The zero-order chi connectivity index (χ0) is 9.97. The Hall–Kier alpha value is -1.42. The maximum Gasteiger partial charge on any atom is 0.272 e. The van der Waals surface area contributed by atoms with E-state index >= 15 is 0 Å². The van der Waals surface area contributed by atoms with Gasteiger partial charge in [-0.05, 0) is 12.1 Å². The van der Waals surface area contributed by atoms with Gasteiger partial charge in [-0.15, -0.1) is 0 Å². The molecule has 1 aromatic heterocycles. The number of hydrogen-bond acceptors (Lipinski definition) is 3. The summed E-state index contributed by atoms with van der Waals surface area (Å²) in [4.78, 5) is 17.6. The summed E-state index contributed by atoms with van der Waals surface area (Å²) in [6.07, 6.45) is 1.64. The van der Waals surface area contributed by atoms with Crippen LogP contribution in [0.5, 0.6) is 0 Å². The molecule has 0 unspecified atom stereocenters. The molecule has 0 atom stereocenters. The molecule has 0 spiro atoms. The number of aromatic nitrogens is 1. The summed E-state index contributed by atoms with van der Waals surface area (Å²) in [6, 6.07) is 5.70. The van der Waals surface area contributed by atoms with E-state index in [0.717, 1.165) is 13.1 Å². The van der Waals surface area contributed by atoms with Crippen molar-refractivity contribution >= 4 is 5.91 Å². The third-order valence-electron chi connectivity index (χ3n) is 2.51. The zero-order valence-corrected chi connectivity index (χ0v) is 8.10. The molecule has 1 N–H and O–H groups in total. The summed E-state index contributed by atoms with van der Waals surface area (Å²) < 4.78 is 0. The van der Waals surface area contributed by atoms with Crippen molar-refractivity contribution in [3.8, 4) is 0 Å². The normalized spacial score (nSPS) is 16.1. The van der Waals surface area contributed by atoms with Gasteiger partial charge in [-0.25, -0.2) is 0 Å². The smallest absolute Gasteiger partial charge is 0.272 e. The van der Waals surface area contributed by atoms with Crippen LogP contribution < -0.4 is 5.32 Å². The molecular formula is C10H13N3O. The minimum absolute atomic E-state index is 0.00269. The Kier molecular flexibility index (Phi) is 2.45. The monoisotopic (exact) mass is 191 g/mol. The lowest BCUT2D eigenvalue weighted by atomic mass is 10.1. The summed E-state index contributed by atoms with van der Waals surface area (Å²) in [5, 5.41) is 3.13. The van der Waals surface area contributed by atoms with Crippen LogP contribution in [0.2, 0.25) is 0 Å². The van der Waals surface area contributed by atoms with Gasteiger partial charge in [-0.1, -0.05) is 6.07 Å². The molecule has 14 heavy (non-hydrogen) atoms. The second kappa shape index (κ2) is 3.75. The Labute approximate surface area is 82.9 Å². The van der Waals surface area contributed by atoms with E-state index in [0.29, 0.717) is 11.7 Å². The van der Waals surface area contributed by atoms with Gasteiger partial charge in [0.1, 0.15) is 5.69 Å². The van der Waals surface area contributed by atoms with Crippen LogP contribution in [0.4, 0.5) is 0 Å². The summed E-state index contributed by atoms with van der Waals surface area (Å²) in [7, 11) is 1.82. The summed E-state index contributed by atoms with van der Waals surface area (Å²) in [5.41, 5.74) is 0.516. The second-order valence-electron chi connectivity index (χ2n) is 3.44. The lowest BCUT2D eigenvalue weighted by molar-refractivity contribution is 0.0675. The molecule has 0 aliphatic carbocycles. The minimum Gasteiger partial charge on any atom is -0.335 e. The fraction of sp³-hybridized carbons (Fsp3) is 0.400. The van der Waals surface area contributed by atoms with E-state index in [2.05, 4.69) is 10.3 Å². The molecule has 74 valence electrons. The summed E-state index contributed by atoms with van der Waals surface area (Å²) in [6.45, 7) is 1.77. The molecule has 1 aliphatic heterocycles. The van der Waals surface area contributed by atoms with Crippen LogP contribution >= 0.6 is 0 Å². The van der Waals surface area contributed by atoms with Gasteiger partial charge in [0.2, 0.25) is 0 Å². The van der Waals surface area contributed by atoms with Crippen molar-refractivity contribution in [1.29, 1.82) is 0 Å². The topological polar surface area (TPSA) is 45.2 Å². The number of carbonyl (C=O) groups excluding carboxylic acids is 1. The molecule has 1 amide bonds. The van der Waals surface area contributed by atoms with Crippen LogP contribution in [0.15, 0.2) is 24.4 Å². The first kappa shape index (κ1) is 9.15. The second-order valence-corrected chi connectivity index (χ2v) is 3.44. The van der Waals surface area contributed by atoms with Gasteiger partial charge in [0.05, 0.1) is 6.04 Å². The maximum atomic E-state index is 11.8. The molecule has 2 heterocycles. The highest BCUT2D eigenvalue weighted by molar-refractivity contribution is 5.92. The van der Waals surface area contributed by atoms with Gasteiger partial charge in [-0.2, -0.15) is 0 Å². The predicted molar refractivity (Wildman–Crippen MR) is 53.0 cm³/mol. The van der Waals surface area contributed by atoms with E-state index in [4.69, 9.17) is 0 Å². The first-order chi connectivity index (χ1) is 6.79. The highest BCUT2D eigenvalue weighted by Gasteiger charge is 2.26. The number of likely N-dealkylation sites (N-methyl/N-ethyl adjacent to an activating group) is 1. The highest BCUT2D eigenvalue weighted by atomic mass is 16.2. The molecule has 1 aliphatic rings. The van der Waals surface area contributed by atoms with Crippen molar-refractivity contribution in [3.05, 3.63) is 30.1 Å². The largest absolute Gasteiger partial charge is 0.335 e. The molecule has 2 rings (SSSR count). The minimum atomic E-state index is -0.00269. The van der Waals surface area contributed by atoms with Crippen LogP contribution in [-0.2, 0) is 0 Å². The van der Waals surface area contributed by atoms with Gasteiger partial charge in [0.15, 0.2) is 0 Å².